The van der Waals surface area contributed by atoms with Crippen LogP contribution in [-0.4, -0.2) is 23.8 Å². The topological polar surface area (TPSA) is 56.3 Å². The smallest absolute Gasteiger partial charge is 0.314 e. The van der Waals surface area contributed by atoms with Gasteiger partial charge in [0.2, 0.25) is 0 Å². The molecule has 0 radical (unpaired) electrons. The number of carbonyl (C=O) groups excluding carboxylic acids is 2. The molecule has 0 aliphatic carbocycles. The van der Waals surface area contributed by atoms with E-state index >= 15 is 0 Å². The summed E-state index contributed by atoms with van der Waals surface area (Å²) >= 11 is 0. The second-order valence-corrected chi connectivity index (χ2v) is 3.25. The van der Waals surface area contributed by atoms with Crippen LogP contribution in [-0.2, 0) is 9.53 Å². The van der Waals surface area contributed by atoms with Gasteiger partial charge in [0.05, 0.1) is 18.7 Å². The summed E-state index contributed by atoms with van der Waals surface area (Å²) in [4.78, 5) is 26.4. The minimum absolute atomic E-state index is 0.117. The number of esters is 1. The lowest BCUT2D eigenvalue weighted by atomic mass is 10.1. The van der Waals surface area contributed by atoms with Crippen molar-refractivity contribution in [2.75, 3.05) is 7.11 Å². The van der Waals surface area contributed by atoms with Crippen LogP contribution in [0.3, 0.4) is 0 Å². The van der Waals surface area contributed by atoms with Crippen LogP contribution < -0.4 is 0 Å². The van der Waals surface area contributed by atoms with Gasteiger partial charge in [0.1, 0.15) is 5.69 Å². The Morgan fingerprint density at radius 2 is 2.07 bits per heavy atom. The highest BCUT2D eigenvalue weighted by Gasteiger charge is 2.17. The fourth-order valence-corrected chi connectivity index (χ4v) is 1.19. The Balaban J connectivity index is 3.00. The first-order valence-corrected chi connectivity index (χ1v) is 4.62. The molecule has 80 valence electrons. The number of aromatic nitrogens is 1. The van der Waals surface area contributed by atoms with Crippen LogP contribution in [0.25, 0.3) is 0 Å². The van der Waals surface area contributed by atoms with Gasteiger partial charge in [0.25, 0.3) is 0 Å². The van der Waals surface area contributed by atoms with Crippen molar-refractivity contribution in [3.63, 3.8) is 0 Å². The molecule has 1 unspecified atom stereocenters. The Kier molecular flexibility index (Phi) is 3.55. The number of Topliss-reactive ketones (excluding diaryl/α,β-unsaturated/α-hetero) is 1. The maximum absolute atomic E-state index is 11.2. The average molecular weight is 207 g/mol. The zero-order valence-corrected chi connectivity index (χ0v) is 8.98. The average Bonchev–Trinajstić information content (AvgIpc) is 2.27. The number of pyridine rings is 1. The van der Waals surface area contributed by atoms with Crippen molar-refractivity contribution in [3.05, 3.63) is 29.6 Å². The van der Waals surface area contributed by atoms with Crippen LogP contribution in [0.2, 0.25) is 0 Å². The highest BCUT2D eigenvalue weighted by Crippen LogP contribution is 2.14. The number of hydrogen-bond acceptors (Lipinski definition) is 4. The summed E-state index contributed by atoms with van der Waals surface area (Å²) in [5.74, 6) is -0.925. The Morgan fingerprint density at radius 3 is 2.60 bits per heavy atom. The molecular formula is C11H13NO3. The Morgan fingerprint density at radius 1 is 1.40 bits per heavy atom. The largest absolute Gasteiger partial charge is 0.469 e. The molecule has 1 rings (SSSR count). The van der Waals surface area contributed by atoms with Crippen molar-refractivity contribution in [2.24, 2.45) is 0 Å². The molecule has 4 heteroatoms. The van der Waals surface area contributed by atoms with Gasteiger partial charge in [0, 0.05) is 6.92 Å². The van der Waals surface area contributed by atoms with Gasteiger partial charge >= 0.3 is 5.97 Å². The summed E-state index contributed by atoms with van der Waals surface area (Å²) in [6, 6.07) is 5.03. The molecule has 0 fully saturated rings. The van der Waals surface area contributed by atoms with E-state index in [1.54, 1.807) is 25.1 Å². The second-order valence-electron chi connectivity index (χ2n) is 3.25. The van der Waals surface area contributed by atoms with Crippen molar-refractivity contribution < 1.29 is 14.3 Å². The van der Waals surface area contributed by atoms with Gasteiger partial charge in [-0.1, -0.05) is 6.07 Å². The van der Waals surface area contributed by atoms with Crippen molar-refractivity contribution >= 4 is 11.8 Å². The standard InChI is InChI=1S/C11H13NO3/c1-7(11(14)15-3)9-5-4-6-10(12-9)8(2)13/h4-7H,1-3H3. The van der Waals surface area contributed by atoms with E-state index < -0.39 is 5.92 Å². The molecule has 0 bridgehead atoms. The Labute approximate surface area is 88.3 Å². The zero-order valence-electron chi connectivity index (χ0n) is 8.98. The molecule has 1 atom stereocenters. The SMILES string of the molecule is COC(=O)C(C)c1cccc(C(C)=O)n1. The van der Waals surface area contributed by atoms with Gasteiger partial charge in [-0.25, -0.2) is 4.98 Å². The minimum Gasteiger partial charge on any atom is -0.469 e. The number of ketones is 1. The third-order valence-corrected chi connectivity index (χ3v) is 2.13. The maximum atomic E-state index is 11.2. The van der Waals surface area contributed by atoms with E-state index in [0.717, 1.165) is 0 Å². The van der Waals surface area contributed by atoms with Gasteiger partial charge in [-0.3, -0.25) is 9.59 Å². The lowest BCUT2D eigenvalue weighted by Gasteiger charge is -2.08. The van der Waals surface area contributed by atoms with Crippen LogP contribution in [0, 0.1) is 0 Å². The minimum atomic E-state index is -0.450. The van der Waals surface area contributed by atoms with Crippen molar-refractivity contribution in [2.45, 2.75) is 19.8 Å². The molecule has 0 amide bonds. The Bertz CT molecular complexity index is 387. The molecule has 0 aliphatic heterocycles. The summed E-state index contributed by atoms with van der Waals surface area (Å²) < 4.78 is 4.60. The molecule has 0 N–H and O–H groups in total. The molecule has 0 saturated heterocycles. The van der Waals surface area contributed by atoms with Crippen LogP contribution in [0.5, 0.6) is 0 Å². The van der Waals surface area contributed by atoms with Gasteiger partial charge < -0.3 is 4.74 Å². The van der Waals surface area contributed by atoms with Crippen LogP contribution in [0.1, 0.15) is 35.9 Å². The molecule has 0 aromatic carbocycles. The van der Waals surface area contributed by atoms with Crippen molar-refractivity contribution in [1.29, 1.82) is 0 Å². The molecule has 15 heavy (non-hydrogen) atoms. The van der Waals surface area contributed by atoms with E-state index in [4.69, 9.17) is 0 Å². The van der Waals surface area contributed by atoms with E-state index in [9.17, 15) is 9.59 Å². The van der Waals surface area contributed by atoms with Gasteiger partial charge in [-0.05, 0) is 19.1 Å². The first kappa shape index (κ1) is 11.4. The molecular weight excluding hydrogens is 194 g/mol. The van der Waals surface area contributed by atoms with Gasteiger partial charge in [-0.2, -0.15) is 0 Å². The first-order valence-electron chi connectivity index (χ1n) is 4.62. The number of hydrogen-bond donors (Lipinski definition) is 0. The van der Waals surface area contributed by atoms with Crippen LogP contribution in [0.4, 0.5) is 0 Å². The van der Waals surface area contributed by atoms with E-state index in [0.29, 0.717) is 11.4 Å². The van der Waals surface area contributed by atoms with Crippen LogP contribution in [0.15, 0.2) is 18.2 Å². The fraction of sp³-hybridized carbons (Fsp3) is 0.364. The van der Waals surface area contributed by atoms with Crippen molar-refractivity contribution in [3.8, 4) is 0 Å². The number of ether oxygens (including phenoxy) is 1. The number of nitrogens with zero attached hydrogens (tertiary/aromatic N) is 1. The summed E-state index contributed by atoms with van der Waals surface area (Å²) in [5.41, 5.74) is 0.915. The Hall–Kier alpha value is -1.71. The quantitative estimate of drug-likeness (QED) is 0.557. The lowest BCUT2D eigenvalue weighted by molar-refractivity contribution is -0.142. The summed E-state index contributed by atoms with van der Waals surface area (Å²) in [6.07, 6.45) is 0. The monoisotopic (exact) mass is 207 g/mol. The van der Waals surface area contributed by atoms with Gasteiger partial charge in [0.15, 0.2) is 5.78 Å². The van der Waals surface area contributed by atoms with Crippen LogP contribution >= 0.6 is 0 Å². The fourth-order valence-electron chi connectivity index (χ4n) is 1.19. The number of carbonyl (C=O) groups is 2. The maximum Gasteiger partial charge on any atom is 0.314 e. The molecule has 1 aromatic rings. The summed E-state index contributed by atoms with van der Waals surface area (Å²) in [7, 11) is 1.33. The molecule has 0 saturated carbocycles. The summed E-state index contributed by atoms with van der Waals surface area (Å²) in [5, 5.41) is 0. The normalized spacial score (nSPS) is 11.9. The van der Waals surface area contributed by atoms with Gasteiger partial charge in [-0.15, -0.1) is 0 Å². The second kappa shape index (κ2) is 4.68. The predicted octanol–water partition coefficient (Wildman–Crippen LogP) is 1.56. The van der Waals surface area contributed by atoms with Crippen molar-refractivity contribution in [1.82, 2.24) is 4.98 Å². The lowest BCUT2D eigenvalue weighted by Crippen LogP contribution is -2.13. The predicted molar refractivity (Wildman–Crippen MR) is 54.7 cm³/mol. The molecule has 0 aliphatic rings. The zero-order chi connectivity index (χ0) is 11.4. The first-order chi connectivity index (χ1) is 7.06. The third kappa shape index (κ3) is 2.62. The summed E-state index contributed by atoms with van der Waals surface area (Å²) in [6.45, 7) is 3.13. The highest BCUT2D eigenvalue weighted by molar-refractivity contribution is 5.92. The molecule has 1 aromatic heterocycles. The van der Waals surface area contributed by atoms with E-state index in [1.165, 1.54) is 14.0 Å². The molecule has 1 heterocycles. The van der Waals surface area contributed by atoms with E-state index in [1.807, 2.05) is 0 Å². The van der Waals surface area contributed by atoms with E-state index in [-0.39, 0.29) is 11.8 Å². The van der Waals surface area contributed by atoms with E-state index in [2.05, 4.69) is 9.72 Å². The number of rotatable bonds is 3. The molecule has 0 spiro atoms. The number of methoxy groups -OCH3 is 1. The molecule has 4 nitrogen and oxygen atoms in total. The highest BCUT2D eigenvalue weighted by atomic mass is 16.5. The third-order valence-electron chi connectivity index (χ3n) is 2.13.